The molecule has 48 heavy (non-hydrogen) atoms. The first kappa shape index (κ1) is 34.6. The second-order valence-corrected chi connectivity index (χ2v) is 13.0. The van der Waals surface area contributed by atoms with Gasteiger partial charge in [0.25, 0.3) is 5.91 Å². The summed E-state index contributed by atoms with van der Waals surface area (Å²) >= 11 is 0. The van der Waals surface area contributed by atoms with Gasteiger partial charge in [0.15, 0.2) is 23.2 Å². The third-order valence-corrected chi connectivity index (χ3v) is 8.23. The van der Waals surface area contributed by atoms with Crippen LogP contribution in [-0.2, 0) is 31.1 Å². The third kappa shape index (κ3) is 7.88. The van der Waals surface area contributed by atoms with E-state index in [1.54, 1.807) is 13.8 Å². The van der Waals surface area contributed by atoms with Gasteiger partial charge in [-0.15, -0.1) is 0 Å². The minimum Gasteiger partial charge on any atom is -0.464 e. The van der Waals surface area contributed by atoms with Crippen molar-refractivity contribution >= 4 is 29.1 Å². The molecule has 11 nitrogen and oxygen atoms in total. The average molecular weight is 660 g/mol. The smallest absolute Gasteiger partial charge is 0.340 e. The van der Waals surface area contributed by atoms with Gasteiger partial charge in [-0.05, 0) is 70.7 Å². The number of esters is 1. The molecule has 1 saturated heterocycles. The number of ether oxygens (including phenoxy) is 2. The van der Waals surface area contributed by atoms with Crippen molar-refractivity contribution < 1.29 is 33.4 Å². The second kappa shape index (κ2) is 14.2. The van der Waals surface area contributed by atoms with Crippen LogP contribution in [0.25, 0.3) is 5.65 Å². The van der Waals surface area contributed by atoms with E-state index in [4.69, 9.17) is 14.5 Å². The topological polar surface area (TPSA) is 135 Å². The van der Waals surface area contributed by atoms with E-state index in [0.29, 0.717) is 54.2 Å². The number of aryl methyl sites for hydroxylation is 1. The molecule has 1 aliphatic rings. The van der Waals surface area contributed by atoms with Crippen LogP contribution in [0.5, 0.6) is 0 Å². The molecule has 2 aromatic heterocycles. The number of hydrogen-bond acceptors (Lipinski definition) is 9. The second-order valence-electron chi connectivity index (χ2n) is 13.0. The summed E-state index contributed by atoms with van der Waals surface area (Å²) in [5.74, 6) is -1.32. The molecular weight excluding hydrogens is 617 g/mol. The minimum absolute atomic E-state index is 0.0251. The van der Waals surface area contributed by atoms with E-state index in [9.17, 15) is 23.9 Å². The Bertz CT molecular complexity index is 1780. The lowest BCUT2D eigenvalue weighted by molar-refractivity contribution is -0.166. The molecule has 1 amide bonds. The summed E-state index contributed by atoms with van der Waals surface area (Å²) in [6.07, 6.45) is -0.326. The number of carbonyl (C=O) groups excluding carboxylic acids is 3. The van der Waals surface area contributed by atoms with Gasteiger partial charge < -0.3 is 24.8 Å². The van der Waals surface area contributed by atoms with Gasteiger partial charge in [0, 0.05) is 31.3 Å². The summed E-state index contributed by atoms with van der Waals surface area (Å²) in [5, 5.41) is 18.8. The number of aliphatic hydroxyl groups is 1. The van der Waals surface area contributed by atoms with Crippen LogP contribution < -0.4 is 10.2 Å². The largest absolute Gasteiger partial charge is 0.464 e. The summed E-state index contributed by atoms with van der Waals surface area (Å²) in [7, 11) is 0. The number of aromatic nitrogens is 3. The van der Waals surface area contributed by atoms with Gasteiger partial charge in [-0.3, -0.25) is 9.59 Å². The summed E-state index contributed by atoms with van der Waals surface area (Å²) in [6, 6.07) is 16.7. The number of hydrogen-bond donors (Lipinski definition) is 2. The van der Waals surface area contributed by atoms with Crippen molar-refractivity contribution in [1.29, 1.82) is 0 Å². The van der Waals surface area contributed by atoms with Crippen LogP contribution in [0.3, 0.4) is 0 Å². The van der Waals surface area contributed by atoms with Crippen molar-refractivity contribution in [2.24, 2.45) is 0 Å². The quantitative estimate of drug-likeness (QED) is 0.221. The zero-order valence-electron chi connectivity index (χ0n) is 28.0. The minimum atomic E-state index is -1.16. The lowest BCUT2D eigenvalue weighted by Gasteiger charge is -2.41. The van der Waals surface area contributed by atoms with Crippen molar-refractivity contribution in [3.05, 3.63) is 94.6 Å². The number of halogens is 1. The first-order chi connectivity index (χ1) is 22.8. The number of benzene rings is 2. The van der Waals surface area contributed by atoms with Crippen LogP contribution in [0.4, 0.5) is 10.2 Å². The van der Waals surface area contributed by atoms with Crippen LogP contribution in [0.1, 0.15) is 79.5 Å². The summed E-state index contributed by atoms with van der Waals surface area (Å²) in [6.45, 7) is 9.72. The number of anilines is 1. The maximum atomic E-state index is 13.5. The normalized spacial score (nSPS) is 15.3. The number of ketones is 1. The van der Waals surface area contributed by atoms with E-state index < -0.39 is 35.0 Å². The third-order valence-electron chi connectivity index (χ3n) is 8.23. The monoisotopic (exact) mass is 659 g/mol. The molecule has 0 radical (unpaired) electrons. The Labute approximate surface area is 279 Å². The fraction of sp³-hybridized carbons (Fsp3) is 0.417. The van der Waals surface area contributed by atoms with Gasteiger partial charge in [0.05, 0.1) is 29.9 Å². The van der Waals surface area contributed by atoms with Crippen LogP contribution in [0.15, 0.2) is 60.7 Å². The number of piperidine rings is 1. The van der Waals surface area contributed by atoms with E-state index in [0.717, 1.165) is 5.56 Å². The van der Waals surface area contributed by atoms with Crippen LogP contribution in [-0.4, -0.2) is 69.2 Å². The molecular formula is C36H42FN5O6. The number of rotatable bonds is 11. The van der Waals surface area contributed by atoms with Crippen molar-refractivity contribution in [3.8, 4) is 0 Å². The molecule has 1 fully saturated rings. The molecule has 3 heterocycles. The first-order valence-corrected chi connectivity index (χ1v) is 16.1. The Morgan fingerprint density at radius 1 is 1.06 bits per heavy atom. The number of amides is 1. The fourth-order valence-corrected chi connectivity index (χ4v) is 5.92. The summed E-state index contributed by atoms with van der Waals surface area (Å²) in [4.78, 5) is 46.1. The Balaban J connectivity index is 1.50. The van der Waals surface area contributed by atoms with Crippen LogP contribution in [0, 0.1) is 12.7 Å². The highest BCUT2D eigenvalue weighted by Gasteiger charge is 2.39. The van der Waals surface area contributed by atoms with Crippen molar-refractivity contribution in [1.82, 2.24) is 19.9 Å². The highest BCUT2D eigenvalue weighted by atomic mass is 19.1. The molecule has 0 aliphatic carbocycles. The molecule has 5 rings (SSSR count). The van der Waals surface area contributed by atoms with Crippen LogP contribution >= 0.6 is 0 Å². The lowest BCUT2D eigenvalue weighted by Crippen LogP contribution is -2.44. The van der Waals surface area contributed by atoms with E-state index in [-0.39, 0.29) is 31.0 Å². The Kier molecular flexibility index (Phi) is 10.3. The number of nitrogens with one attached hydrogen (secondary N) is 1. The zero-order chi connectivity index (χ0) is 34.6. The van der Waals surface area contributed by atoms with Gasteiger partial charge >= 0.3 is 5.97 Å². The van der Waals surface area contributed by atoms with Crippen molar-refractivity contribution in [3.63, 3.8) is 0 Å². The van der Waals surface area contributed by atoms with Crippen molar-refractivity contribution in [2.45, 2.75) is 71.2 Å². The first-order valence-electron chi connectivity index (χ1n) is 16.1. The highest BCUT2D eigenvalue weighted by Crippen LogP contribution is 2.39. The molecule has 0 spiro atoms. The fourth-order valence-electron chi connectivity index (χ4n) is 5.92. The SMILES string of the molecule is CCOC(=O)[C@@H](OC(C)(C)C)c1c(C)nc2cc(C(=O)NCC(=O)Cc3ccc(F)cc3)nn2c1N1CCC(O)(c2ccccc2)CC1. The molecule has 2 N–H and O–H groups in total. The van der Waals surface area contributed by atoms with Crippen LogP contribution in [0.2, 0.25) is 0 Å². The summed E-state index contributed by atoms with van der Waals surface area (Å²) < 4.78 is 26.5. The zero-order valence-corrected chi connectivity index (χ0v) is 28.0. The van der Waals surface area contributed by atoms with Gasteiger partial charge in [0.1, 0.15) is 11.6 Å². The van der Waals surface area contributed by atoms with E-state index in [1.807, 2.05) is 56.0 Å². The standard InChI is InChI=1S/C36H42FN5O6/c1-6-47-34(45)31(48-35(3,4)5)30-23(2)39-29-21-28(32(44)38-22-27(43)20-24-12-14-26(37)15-13-24)40-42(29)33(30)41-18-16-36(46,17-19-41)25-10-8-7-9-11-25/h7-15,21,31,46H,6,16-20,22H2,1-5H3,(H,38,44)/t31-/m0/s1. The highest BCUT2D eigenvalue weighted by molar-refractivity contribution is 5.96. The van der Waals surface area contributed by atoms with Gasteiger partial charge in [0.2, 0.25) is 0 Å². The molecule has 1 atom stereocenters. The number of Topliss-reactive ketones (excluding diaryl/α,β-unsaturated/α-hetero) is 1. The average Bonchev–Trinajstić information content (AvgIpc) is 3.47. The lowest BCUT2D eigenvalue weighted by atomic mass is 9.84. The molecule has 4 aromatic rings. The summed E-state index contributed by atoms with van der Waals surface area (Å²) in [5.41, 5.74) is 1.00. The molecule has 0 bridgehead atoms. The molecule has 254 valence electrons. The maximum absolute atomic E-state index is 13.5. The Hall–Kier alpha value is -4.68. The van der Waals surface area contributed by atoms with E-state index in [1.165, 1.54) is 34.8 Å². The molecule has 12 heteroatoms. The Morgan fingerprint density at radius 3 is 2.35 bits per heavy atom. The predicted molar refractivity (Wildman–Crippen MR) is 177 cm³/mol. The molecule has 0 unspecified atom stereocenters. The van der Waals surface area contributed by atoms with Gasteiger partial charge in [-0.2, -0.15) is 9.61 Å². The predicted octanol–water partition coefficient (Wildman–Crippen LogP) is 4.63. The van der Waals surface area contributed by atoms with Crippen molar-refractivity contribution in [2.75, 3.05) is 31.1 Å². The van der Waals surface area contributed by atoms with E-state index >= 15 is 0 Å². The number of carbonyl (C=O) groups is 3. The number of fused-ring (bicyclic) bond motifs is 1. The van der Waals surface area contributed by atoms with E-state index in [2.05, 4.69) is 10.4 Å². The van der Waals surface area contributed by atoms with Gasteiger partial charge in [-0.25, -0.2) is 14.2 Å². The molecule has 0 saturated carbocycles. The maximum Gasteiger partial charge on any atom is 0.340 e. The van der Waals surface area contributed by atoms with Gasteiger partial charge in [-0.1, -0.05) is 42.5 Å². The Morgan fingerprint density at radius 2 is 1.73 bits per heavy atom. The molecule has 2 aromatic carbocycles. The number of nitrogens with zero attached hydrogens (tertiary/aromatic N) is 4. The molecule has 1 aliphatic heterocycles.